The lowest BCUT2D eigenvalue weighted by atomic mass is 10.1. The van der Waals surface area contributed by atoms with Gasteiger partial charge in [-0.05, 0) is 55.5 Å². The number of carbonyl (C=O) groups excluding carboxylic acids is 2. The average molecular weight is 459 g/mol. The van der Waals surface area contributed by atoms with Crippen molar-refractivity contribution in [1.82, 2.24) is 10.2 Å². The van der Waals surface area contributed by atoms with Gasteiger partial charge >= 0.3 is 0 Å². The minimum Gasteiger partial charge on any atom is -0.454 e. The van der Waals surface area contributed by atoms with Gasteiger partial charge in [-0.15, -0.1) is 0 Å². The van der Waals surface area contributed by atoms with Gasteiger partial charge in [0.1, 0.15) is 6.04 Å². The van der Waals surface area contributed by atoms with Crippen LogP contribution in [0, 0.1) is 0 Å². The summed E-state index contributed by atoms with van der Waals surface area (Å²) in [5.41, 5.74) is 1.80. The Kier molecular flexibility index (Phi) is 8.39. The molecule has 1 aliphatic heterocycles. The molecule has 0 bridgehead atoms. The molecule has 0 saturated carbocycles. The van der Waals surface area contributed by atoms with Crippen molar-refractivity contribution in [3.63, 3.8) is 0 Å². The van der Waals surface area contributed by atoms with Crippen LogP contribution in [0.3, 0.4) is 0 Å². The highest BCUT2D eigenvalue weighted by atomic mass is 35.5. The van der Waals surface area contributed by atoms with E-state index in [0.29, 0.717) is 29.4 Å². The third-order valence-corrected chi connectivity index (χ3v) is 6.12. The van der Waals surface area contributed by atoms with E-state index in [0.717, 1.165) is 17.5 Å². The van der Waals surface area contributed by atoms with Crippen molar-refractivity contribution in [2.45, 2.75) is 65.1 Å². The molecule has 0 aromatic heterocycles. The van der Waals surface area contributed by atoms with Crippen LogP contribution in [0.4, 0.5) is 0 Å². The summed E-state index contributed by atoms with van der Waals surface area (Å²) in [7, 11) is 0. The molecule has 0 saturated heterocycles. The van der Waals surface area contributed by atoms with Gasteiger partial charge in [-0.1, -0.05) is 49.7 Å². The highest BCUT2D eigenvalue weighted by Crippen LogP contribution is 2.33. The summed E-state index contributed by atoms with van der Waals surface area (Å²) in [6.45, 7) is 6.40. The normalized spacial score (nSPS) is 14.0. The van der Waals surface area contributed by atoms with E-state index in [2.05, 4.69) is 5.32 Å². The first-order valence-corrected chi connectivity index (χ1v) is 11.5. The Labute approximate surface area is 194 Å². The lowest BCUT2D eigenvalue weighted by Gasteiger charge is -2.31. The van der Waals surface area contributed by atoms with E-state index in [4.69, 9.17) is 21.1 Å². The molecule has 172 valence electrons. The first-order valence-electron chi connectivity index (χ1n) is 11.1. The van der Waals surface area contributed by atoms with Gasteiger partial charge in [-0.3, -0.25) is 9.59 Å². The lowest BCUT2D eigenvalue weighted by molar-refractivity contribution is -0.141. The zero-order valence-electron chi connectivity index (χ0n) is 18.9. The van der Waals surface area contributed by atoms with Crippen LogP contribution in [0.15, 0.2) is 42.5 Å². The minimum absolute atomic E-state index is 0.0439. The third kappa shape index (κ3) is 5.94. The number of halogens is 1. The molecule has 1 heterocycles. The predicted octanol–water partition coefficient (Wildman–Crippen LogP) is 4.72. The largest absolute Gasteiger partial charge is 0.454 e. The first kappa shape index (κ1) is 23.9. The highest BCUT2D eigenvalue weighted by Gasteiger charge is 2.29. The maximum atomic E-state index is 13.4. The molecule has 7 heteroatoms. The van der Waals surface area contributed by atoms with E-state index in [1.54, 1.807) is 11.0 Å². The number of hydrogen-bond acceptors (Lipinski definition) is 4. The molecule has 0 fully saturated rings. The van der Waals surface area contributed by atoms with Crippen molar-refractivity contribution in [3.05, 3.63) is 58.6 Å². The number of aryl methyl sites for hydroxylation is 1. The SMILES string of the molecule is CC[C@@H](C)NC(=O)[C@@H](CC)N(Cc1ccccc1Cl)C(=O)CCc1ccc2c(c1)OCO2. The Morgan fingerprint density at radius 1 is 1.09 bits per heavy atom. The zero-order valence-corrected chi connectivity index (χ0v) is 19.7. The summed E-state index contributed by atoms with van der Waals surface area (Å²) in [6.07, 6.45) is 2.16. The Hall–Kier alpha value is -2.73. The van der Waals surface area contributed by atoms with E-state index < -0.39 is 6.04 Å². The van der Waals surface area contributed by atoms with Crippen LogP contribution < -0.4 is 14.8 Å². The Balaban J connectivity index is 1.77. The summed E-state index contributed by atoms with van der Waals surface area (Å²) in [5.74, 6) is 1.19. The number of benzene rings is 2. The number of rotatable bonds is 10. The van der Waals surface area contributed by atoms with Crippen LogP contribution in [0.1, 0.15) is 51.2 Å². The molecule has 2 aromatic carbocycles. The number of carbonyl (C=O) groups is 2. The van der Waals surface area contributed by atoms with Crippen LogP contribution in [-0.2, 0) is 22.6 Å². The zero-order chi connectivity index (χ0) is 23.1. The van der Waals surface area contributed by atoms with Crippen molar-refractivity contribution in [2.24, 2.45) is 0 Å². The topological polar surface area (TPSA) is 67.9 Å². The van der Waals surface area contributed by atoms with Crippen molar-refractivity contribution < 1.29 is 19.1 Å². The maximum Gasteiger partial charge on any atom is 0.243 e. The van der Waals surface area contributed by atoms with Crippen LogP contribution >= 0.6 is 11.6 Å². The first-order chi connectivity index (χ1) is 15.4. The van der Waals surface area contributed by atoms with E-state index in [1.165, 1.54) is 0 Å². The molecule has 3 rings (SSSR count). The molecule has 0 radical (unpaired) electrons. The molecular weight excluding hydrogens is 428 g/mol. The summed E-state index contributed by atoms with van der Waals surface area (Å²) < 4.78 is 10.8. The highest BCUT2D eigenvalue weighted by molar-refractivity contribution is 6.31. The lowest BCUT2D eigenvalue weighted by Crippen LogP contribution is -2.50. The molecule has 1 N–H and O–H groups in total. The van der Waals surface area contributed by atoms with Crippen molar-refractivity contribution in [1.29, 1.82) is 0 Å². The second-order valence-corrected chi connectivity index (χ2v) is 8.45. The molecule has 2 amide bonds. The molecule has 0 unspecified atom stereocenters. The van der Waals surface area contributed by atoms with Gasteiger partial charge in [-0.25, -0.2) is 0 Å². The van der Waals surface area contributed by atoms with E-state index in [1.807, 2.05) is 57.2 Å². The minimum atomic E-state index is -0.565. The van der Waals surface area contributed by atoms with E-state index >= 15 is 0 Å². The fourth-order valence-corrected chi connectivity index (χ4v) is 3.86. The molecule has 1 aliphatic rings. The van der Waals surface area contributed by atoms with Gasteiger partial charge < -0.3 is 19.7 Å². The molecule has 2 aromatic rings. The second kappa shape index (κ2) is 11.2. The molecule has 2 atom stereocenters. The van der Waals surface area contributed by atoms with Crippen molar-refractivity contribution in [2.75, 3.05) is 6.79 Å². The quantitative estimate of drug-likeness (QED) is 0.559. The van der Waals surface area contributed by atoms with Gasteiger partial charge in [0.25, 0.3) is 0 Å². The van der Waals surface area contributed by atoms with Crippen LogP contribution in [0.5, 0.6) is 11.5 Å². The number of hydrogen-bond donors (Lipinski definition) is 1. The van der Waals surface area contributed by atoms with Crippen molar-refractivity contribution >= 4 is 23.4 Å². The summed E-state index contributed by atoms with van der Waals surface area (Å²) >= 11 is 6.37. The van der Waals surface area contributed by atoms with Crippen molar-refractivity contribution in [3.8, 4) is 11.5 Å². The number of amides is 2. The van der Waals surface area contributed by atoms with Crippen LogP contribution in [0.2, 0.25) is 5.02 Å². The van der Waals surface area contributed by atoms with Gasteiger partial charge in [-0.2, -0.15) is 0 Å². The van der Waals surface area contributed by atoms with Crippen LogP contribution in [0.25, 0.3) is 0 Å². The smallest absolute Gasteiger partial charge is 0.243 e. The summed E-state index contributed by atoms with van der Waals surface area (Å²) in [4.78, 5) is 28.0. The third-order valence-electron chi connectivity index (χ3n) is 5.75. The summed E-state index contributed by atoms with van der Waals surface area (Å²) in [6, 6.07) is 12.6. The maximum absolute atomic E-state index is 13.4. The Morgan fingerprint density at radius 3 is 2.56 bits per heavy atom. The fraction of sp³-hybridized carbons (Fsp3) is 0.440. The Morgan fingerprint density at radius 2 is 1.84 bits per heavy atom. The van der Waals surface area contributed by atoms with E-state index in [-0.39, 0.29) is 37.6 Å². The standard InChI is InChI=1S/C25H31ClN2O4/c1-4-17(3)27-25(30)21(5-2)28(15-19-8-6-7-9-20(19)26)24(29)13-11-18-10-12-22-23(14-18)32-16-31-22/h6-10,12,14,17,21H,4-5,11,13,15-16H2,1-3H3,(H,27,30)/t17-,21-/m1/s1. The number of fused-ring (bicyclic) bond motifs is 1. The number of ether oxygens (including phenoxy) is 2. The molecule has 0 spiro atoms. The monoisotopic (exact) mass is 458 g/mol. The fourth-order valence-electron chi connectivity index (χ4n) is 3.66. The molecule has 0 aliphatic carbocycles. The average Bonchev–Trinajstić information content (AvgIpc) is 3.26. The van der Waals surface area contributed by atoms with Gasteiger partial charge in [0.05, 0.1) is 0 Å². The van der Waals surface area contributed by atoms with Crippen LogP contribution in [-0.4, -0.2) is 35.6 Å². The predicted molar refractivity (Wildman–Crippen MR) is 125 cm³/mol. The van der Waals surface area contributed by atoms with Gasteiger partial charge in [0, 0.05) is 24.0 Å². The summed E-state index contributed by atoms with van der Waals surface area (Å²) in [5, 5.41) is 3.60. The molecule has 32 heavy (non-hydrogen) atoms. The molecule has 6 nitrogen and oxygen atoms in total. The van der Waals surface area contributed by atoms with E-state index in [9.17, 15) is 9.59 Å². The number of nitrogens with zero attached hydrogens (tertiary/aromatic N) is 1. The molecular formula is C25H31ClN2O4. The Bertz CT molecular complexity index is 949. The van der Waals surface area contributed by atoms with Gasteiger partial charge in [0.2, 0.25) is 18.6 Å². The second-order valence-electron chi connectivity index (χ2n) is 8.04. The number of nitrogens with one attached hydrogen (secondary N) is 1. The van der Waals surface area contributed by atoms with Gasteiger partial charge in [0.15, 0.2) is 11.5 Å².